The molecular formula is C20H22N2O3S. The minimum atomic E-state index is -0.290. The molecule has 136 valence electrons. The number of thiophene rings is 1. The molecular weight excluding hydrogens is 348 g/mol. The number of ether oxygens (including phenoxy) is 1. The molecule has 0 bridgehead atoms. The van der Waals surface area contributed by atoms with Crippen LogP contribution >= 0.6 is 11.3 Å². The van der Waals surface area contributed by atoms with Crippen molar-refractivity contribution in [1.82, 2.24) is 10.2 Å². The van der Waals surface area contributed by atoms with Gasteiger partial charge in [0.2, 0.25) is 11.8 Å². The second kappa shape index (κ2) is 7.60. The van der Waals surface area contributed by atoms with Crippen LogP contribution in [0.5, 0.6) is 0 Å². The van der Waals surface area contributed by atoms with Crippen molar-refractivity contribution >= 4 is 23.2 Å². The zero-order valence-corrected chi connectivity index (χ0v) is 15.3. The summed E-state index contributed by atoms with van der Waals surface area (Å²) in [6.07, 6.45) is 0.992. The van der Waals surface area contributed by atoms with E-state index < -0.39 is 0 Å². The molecule has 0 aliphatic carbocycles. The normalized spacial score (nSPS) is 24.5. The Morgan fingerprint density at radius 3 is 2.81 bits per heavy atom. The first kappa shape index (κ1) is 17.2. The Morgan fingerprint density at radius 1 is 1.19 bits per heavy atom. The van der Waals surface area contributed by atoms with E-state index in [1.165, 1.54) is 0 Å². The first-order valence-corrected chi connectivity index (χ1v) is 9.85. The second-order valence-corrected chi connectivity index (χ2v) is 7.84. The van der Waals surface area contributed by atoms with Gasteiger partial charge < -0.3 is 15.0 Å². The van der Waals surface area contributed by atoms with Crippen LogP contribution in [0.4, 0.5) is 0 Å². The highest BCUT2D eigenvalue weighted by molar-refractivity contribution is 7.09. The van der Waals surface area contributed by atoms with Gasteiger partial charge >= 0.3 is 0 Å². The molecule has 4 rings (SSSR count). The lowest BCUT2D eigenvalue weighted by Crippen LogP contribution is -2.38. The SMILES string of the molecule is O=C(NCc1cccs1)[C@@H]1CN(C(=O)Cc2ccccc2)[C@H]2CCO[C@H]12. The largest absolute Gasteiger partial charge is 0.375 e. The molecule has 0 saturated carbocycles. The molecule has 5 nitrogen and oxygen atoms in total. The van der Waals surface area contributed by atoms with Crippen LogP contribution < -0.4 is 5.32 Å². The first-order chi connectivity index (χ1) is 12.7. The quantitative estimate of drug-likeness (QED) is 0.878. The minimum Gasteiger partial charge on any atom is -0.375 e. The number of carbonyl (C=O) groups is 2. The molecule has 1 aromatic heterocycles. The number of nitrogens with zero attached hydrogens (tertiary/aromatic N) is 1. The number of amides is 2. The predicted molar refractivity (Wildman–Crippen MR) is 99.7 cm³/mol. The fourth-order valence-electron chi connectivity index (χ4n) is 3.88. The summed E-state index contributed by atoms with van der Waals surface area (Å²) >= 11 is 1.62. The molecule has 2 amide bonds. The van der Waals surface area contributed by atoms with Gasteiger partial charge in [-0.05, 0) is 23.4 Å². The van der Waals surface area contributed by atoms with E-state index in [4.69, 9.17) is 4.74 Å². The van der Waals surface area contributed by atoms with Crippen molar-refractivity contribution in [3.63, 3.8) is 0 Å². The second-order valence-electron chi connectivity index (χ2n) is 6.80. The van der Waals surface area contributed by atoms with Crippen LogP contribution in [0.25, 0.3) is 0 Å². The smallest absolute Gasteiger partial charge is 0.227 e. The maximum Gasteiger partial charge on any atom is 0.227 e. The Balaban J connectivity index is 1.41. The molecule has 26 heavy (non-hydrogen) atoms. The Kier molecular flexibility index (Phi) is 5.04. The molecule has 6 heteroatoms. The highest BCUT2D eigenvalue weighted by atomic mass is 32.1. The molecule has 0 spiro atoms. The van der Waals surface area contributed by atoms with Gasteiger partial charge in [0.1, 0.15) is 0 Å². The summed E-state index contributed by atoms with van der Waals surface area (Å²) in [6.45, 7) is 1.58. The monoisotopic (exact) mass is 370 g/mol. The van der Waals surface area contributed by atoms with Crippen LogP contribution in [0.1, 0.15) is 16.9 Å². The van der Waals surface area contributed by atoms with Crippen LogP contribution in [0.2, 0.25) is 0 Å². The molecule has 1 N–H and O–H groups in total. The topological polar surface area (TPSA) is 58.6 Å². The lowest BCUT2D eigenvalue weighted by Gasteiger charge is -2.22. The number of benzene rings is 1. The lowest BCUT2D eigenvalue weighted by molar-refractivity contribution is -0.131. The number of nitrogens with one attached hydrogen (secondary N) is 1. The molecule has 0 unspecified atom stereocenters. The van der Waals surface area contributed by atoms with Gasteiger partial charge in [0, 0.05) is 18.0 Å². The van der Waals surface area contributed by atoms with Crippen molar-refractivity contribution in [3.8, 4) is 0 Å². The number of likely N-dealkylation sites (tertiary alicyclic amines) is 1. The minimum absolute atomic E-state index is 0.0173. The van der Waals surface area contributed by atoms with E-state index in [9.17, 15) is 9.59 Å². The van der Waals surface area contributed by atoms with Crippen LogP contribution in [-0.4, -0.2) is 42.0 Å². The maximum atomic E-state index is 12.8. The van der Waals surface area contributed by atoms with Gasteiger partial charge in [-0.1, -0.05) is 36.4 Å². The van der Waals surface area contributed by atoms with Gasteiger partial charge in [0.05, 0.1) is 31.0 Å². The van der Waals surface area contributed by atoms with Gasteiger partial charge in [0.25, 0.3) is 0 Å². The number of hydrogen-bond acceptors (Lipinski definition) is 4. The Bertz CT molecular complexity index is 763. The third-order valence-electron chi connectivity index (χ3n) is 5.17. The van der Waals surface area contributed by atoms with E-state index in [1.54, 1.807) is 11.3 Å². The maximum absolute atomic E-state index is 12.8. The van der Waals surface area contributed by atoms with Crippen LogP contribution in [0.3, 0.4) is 0 Å². The van der Waals surface area contributed by atoms with Gasteiger partial charge in [0.15, 0.2) is 0 Å². The summed E-state index contributed by atoms with van der Waals surface area (Å²) in [7, 11) is 0. The third kappa shape index (κ3) is 3.52. The van der Waals surface area contributed by atoms with Gasteiger partial charge in [-0.15, -0.1) is 11.3 Å². The van der Waals surface area contributed by atoms with Crippen molar-refractivity contribution in [3.05, 3.63) is 58.3 Å². The average molecular weight is 370 g/mol. The summed E-state index contributed by atoms with van der Waals surface area (Å²) in [5.74, 6) is -0.238. The molecule has 3 heterocycles. The molecule has 2 aliphatic heterocycles. The molecule has 2 aromatic rings. The molecule has 2 saturated heterocycles. The van der Waals surface area contributed by atoms with E-state index in [-0.39, 0.29) is 29.9 Å². The van der Waals surface area contributed by atoms with E-state index in [2.05, 4.69) is 5.32 Å². The molecule has 2 fully saturated rings. The molecule has 2 aliphatic rings. The van der Waals surface area contributed by atoms with Gasteiger partial charge in [-0.2, -0.15) is 0 Å². The van der Waals surface area contributed by atoms with Crippen molar-refractivity contribution in [2.45, 2.75) is 31.5 Å². The third-order valence-corrected chi connectivity index (χ3v) is 6.04. The number of fused-ring (bicyclic) bond motifs is 1. The Labute approximate surface area is 157 Å². The highest BCUT2D eigenvalue weighted by Gasteiger charge is 2.50. The fraction of sp³-hybridized carbons (Fsp3) is 0.400. The summed E-state index contributed by atoms with van der Waals surface area (Å²) in [5.41, 5.74) is 0.999. The zero-order chi connectivity index (χ0) is 17.9. The van der Waals surface area contributed by atoms with Crippen molar-refractivity contribution < 1.29 is 14.3 Å². The van der Waals surface area contributed by atoms with E-state index in [0.29, 0.717) is 26.1 Å². The number of hydrogen-bond donors (Lipinski definition) is 1. The fourth-order valence-corrected chi connectivity index (χ4v) is 4.52. The number of rotatable bonds is 5. The predicted octanol–water partition coefficient (Wildman–Crippen LogP) is 2.22. The molecule has 3 atom stereocenters. The Hall–Kier alpha value is -2.18. The zero-order valence-electron chi connectivity index (χ0n) is 14.5. The van der Waals surface area contributed by atoms with Crippen LogP contribution in [0.15, 0.2) is 47.8 Å². The van der Waals surface area contributed by atoms with Crippen molar-refractivity contribution in [2.75, 3.05) is 13.2 Å². The van der Waals surface area contributed by atoms with E-state index in [0.717, 1.165) is 16.9 Å². The van der Waals surface area contributed by atoms with Gasteiger partial charge in [-0.3, -0.25) is 9.59 Å². The Morgan fingerprint density at radius 2 is 2.04 bits per heavy atom. The highest BCUT2D eigenvalue weighted by Crippen LogP contribution is 2.34. The van der Waals surface area contributed by atoms with Gasteiger partial charge in [-0.25, -0.2) is 0 Å². The first-order valence-electron chi connectivity index (χ1n) is 8.97. The molecule has 0 radical (unpaired) electrons. The van der Waals surface area contributed by atoms with Crippen LogP contribution in [-0.2, 0) is 27.3 Å². The van der Waals surface area contributed by atoms with Crippen molar-refractivity contribution in [1.29, 1.82) is 0 Å². The average Bonchev–Trinajstić information content (AvgIpc) is 3.38. The number of carbonyl (C=O) groups excluding carboxylic acids is 2. The summed E-state index contributed by atoms with van der Waals surface area (Å²) in [4.78, 5) is 28.5. The van der Waals surface area contributed by atoms with E-state index in [1.807, 2.05) is 52.7 Å². The van der Waals surface area contributed by atoms with Crippen molar-refractivity contribution in [2.24, 2.45) is 5.92 Å². The summed E-state index contributed by atoms with van der Waals surface area (Å²) in [6, 6.07) is 13.7. The van der Waals surface area contributed by atoms with E-state index >= 15 is 0 Å². The van der Waals surface area contributed by atoms with Crippen LogP contribution in [0, 0.1) is 5.92 Å². The molecule has 1 aromatic carbocycles. The summed E-state index contributed by atoms with van der Waals surface area (Å²) in [5, 5.41) is 5.00. The standard InChI is InChI=1S/C20H22N2O3S/c23-18(11-14-5-2-1-3-6-14)22-13-16(19-17(22)8-9-25-19)20(24)21-12-15-7-4-10-26-15/h1-7,10,16-17,19H,8-9,11-13H2,(H,21,24)/t16-,17+,19-/m1/s1. The summed E-state index contributed by atoms with van der Waals surface area (Å²) < 4.78 is 5.83. The lowest BCUT2D eigenvalue weighted by atomic mass is 10.0.